The summed E-state index contributed by atoms with van der Waals surface area (Å²) in [6, 6.07) is 6.33. The summed E-state index contributed by atoms with van der Waals surface area (Å²) >= 11 is 0. The fraction of sp³-hybridized carbons (Fsp3) is 0.263. The Morgan fingerprint density at radius 2 is 1.93 bits per heavy atom. The lowest BCUT2D eigenvalue weighted by molar-refractivity contribution is -0.137. The number of rotatable bonds is 8. The van der Waals surface area contributed by atoms with Gasteiger partial charge in [0.1, 0.15) is 0 Å². The van der Waals surface area contributed by atoms with Gasteiger partial charge in [-0.25, -0.2) is 5.43 Å². The first-order valence-electron chi connectivity index (χ1n) is 8.78. The van der Waals surface area contributed by atoms with Crippen LogP contribution in [0.1, 0.15) is 42.3 Å². The molecule has 0 saturated carbocycles. The number of ether oxygens (including phenoxy) is 2. The minimum Gasteiger partial charge on any atom is -0.481 e. The minimum atomic E-state index is -0.961. The summed E-state index contributed by atoms with van der Waals surface area (Å²) in [5.41, 5.74) is 3.71. The summed E-state index contributed by atoms with van der Waals surface area (Å²) in [5.74, 6) is -0.776. The Labute approximate surface area is 165 Å². The normalized spacial score (nSPS) is 12.5. The van der Waals surface area contributed by atoms with Crippen LogP contribution in [0.4, 0.5) is 5.69 Å². The molecule has 0 fully saturated rings. The minimum absolute atomic E-state index is 0.0472. The molecule has 2 amide bonds. The first kappa shape index (κ1) is 19.9. The number of carboxylic acids is 1. The Bertz CT molecular complexity index is 951. The van der Waals surface area contributed by atoms with E-state index in [1.54, 1.807) is 25.1 Å². The molecule has 0 saturated heterocycles. The Kier molecular flexibility index (Phi) is 6.12. The molecule has 10 heteroatoms. The van der Waals surface area contributed by atoms with Crippen molar-refractivity contribution in [2.45, 2.75) is 26.2 Å². The van der Waals surface area contributed by atoms with Gasteiger partial charge in [-0.1, -0.05) is 0 Å². The first-order chi connectivity index (χ1) is 13.9. The zero-order valence-electron chi connectivity index (χ0n) is 15.6. The molecule has 0 radical (unpaired) electrons. The third-order valence-corrected chi connectivity index (χ3v) is 4.04. The molecule has 3 rings (SSSR count). The molecule has 1 aromatic heterocycles. The maximum Gasteiger partial charge on any atom is 0.307 e. The molecule has 1 aliphatic heterocycles. The van der Waals surface area contributed by atoms with E-state index in [4.69, 9.17) is 19.0 Å². The molecule has 0 bridgehead atoms. The maximum absolute atomic E-state index is 12.2. The molecule has 3 N–H and O–H groups in total. The lowest BCUT2D eigenvalue weighted by Crippen LogP contribution is -2.20. The number of hydrogen-bond acceptors (Lipinski definition) is 7. The number of amides is 2. The van der Waals surface area contributed by atoms with Crippen molar-refractivity contribution in [2.24, 2.45) is 5.10 Å². The Morgan fingerprint density at radius 1 is 1.17 bits per heavy atom. The molecule has 2 aromatic rings. The number of fused-ring (bicyclic) bond motifs is 1. The standard InChI is InChI=1S/C19H19N3O7/c1-11(21-22-19(26)14-4-3-7-27-14)12-8-15-16(29-10-28-15)9-13(12)20-17(23)5-2-6-18(24)25/h3-4,7-9H,2,5-6,10H2,1H3,(H,20,23)(H,22,26)(H,24,25)/b21-11-. The van der Waals surface area contributed by atoms with Crippen LogP contribution in [0, 0.1) is 0 Å². The monoisotopic (exact) mass is 401 g/mol. The van der Waals surface area contributed by atoms with Crippen molar-refractivity contribution in [3.05, 3.63) is 41.9 Å². The van der Waals surface area contributed by atoms with E-state index in [2.05, 4.69) is 15.8 Å². The lowest BCUT2D eigenvalue weighted by atomic mass is 10.1. The summed E-state index contributed by atoms with van der Waals surface area (Å²) in [6.07, 6.45) is 1.54. The zero-order valence-corrected chi connectivity index (χ0v) is 15.6. The van der Waals surface area contributed by atoms with E-state index in [-0.39, 0.29) is 37.7 Å². The number of benzene rings is 1. The molecule has 0 unspecified atom stereocenters. The summed E-state index contributed by atoms with van der Waals surface area (Å²) in [4.78, 5) is 34.8. The van der Waals surface area contributed by atoms with Crippen molar-refractivity contribution < 1.29 is 33.4 Å². The average Bonchev–Trinajstić information content (AvgIpc) is 3.36. The van der Waals surface area contributed by atoms with Gasteiger partial charge in [0.2, 0.25) is 12.7 Å². The number of hydrazone groups is 1. The summed E-state index contributed by atoms with van der Waals surface area (Å²) in [6.45, 7) is 1.70. The van der Waals surface area contributed by atoms with Crippen LogP contribution in [0.15, 0.2) is 40.0 Å². The van der Waals surface area contributed by atoms with Crippen molar-refractivity contribution in [1.29, 1.82) is 0 Å². The van der Waals surface area contributed by atoms with E-state index in [0.29, 0.717) is 28.5 Å². The lowest BCUT2D eigenvalue weighted by Gasteiger charge is -2.12. The Morgan fingerprint density at radius 3 is 2.62 bits per heavy atom. The van der Waals surface area contributed by atoms with Crippen molar-refractivity contribution in [2.75, 3.05) is 12.1 Å². The third-order valence-electron chi connectivity index (χ3n) is 4.04. The van der Waals surface area contributed by atoms with Crippen LogP contribution < -0.4 is 20.2 Å². The smallest absolute Gasteiger partial charge is 0.307 e. The van der Waals surface area contributed by atoms with Crippen molar-refractivity contribution >= 4 is 29.2 Å². The largest absolute Gasteiger partial charge is 0.481 e. The van der Waals surface area contributed by atoms with E-state index in [1.165, 1.54) is 12.3 Å². The molecule has 0 aliphatic carbocycles. The highest BCUT2D eigenvalue weighted by molar-refractivity contribution is 6.08. The van der Waals surface area contributed by atoms with Gasteiger partial charge < -0.3 is 24.3 Å². The fourth-order valence-electron chi connectivity index (χ4n) is 2.62. The first-order valence-corrected chi connectivity index (χ1v) is 8.78. The highest BCUT2D eigenvalue weighted by Crippen LogP contribution is 2.37. The summed E-state index contributed by atoms with van der Waals surface area (Å²) < 4.78 is 15.7. The molecule has 10 nitrogen and oxygen atoms in total. The molecule has 0 spiro atoms. The number of carboxylic acid groups (broad SMARTS) is 1. The van der Waals surface area contributed by atoms with Crippen LogP contribution in [-0.2, 0) is 9.59 Å². The second-order valence-electron chi connectivity index (χ2n) is 6.16. The van der Waals surface area contributed by atoms with Gasteiger partial charge in [-0.15, -0.1) is 0 Å². The number of carbonyl (C=O) groups excluding carboxylic acids is 2. The van der Waals surface area contributed by atoms with Gasteiger partial charge >= 0.3 is 11.9 Å². The number of furan rings is 1. The van der Waals surface area contributed by atoms with Crippen molar-refractivity contribution in [3.8, 4) is 11.5 Å². The van der Waals surface area contributed by atoms with Crippen LogP contribution in [0.5, 0.6) is 11.5 Å². The molecule has 152 valence electrons. The van der Waals surface area contributed by atoms with Gasteiger partial charge in [-0.05, 0) is 31.5 Å². The summed E-state index contributed by atoms with van der Waals surface area (Å²) in [5, 5.41) is 15.5. The molecular weight excluding hydrogens is 382 g/mol. The number of aliphatic carboxylic acids is 1. The van der Waals surface area contributed by atoms with Gasteiger partial charge in [-0.3, -0.25) is 14.4 Å². The maximum atomic E-state index is 12.2. The number of nitrogens with one attached hydrogen (secondary N) is 2. The number of hydrogen-bond donors (Lipinski definition) is 3. The number of nitrogens with zero attached hydrogens (tertiary/aromatic N) is 1. The topological polar surface area (TPSA) is 139 Å². The molecule has 1 aromatic carbocycles. The van der Waals surface area contributed by atoms with E-state index >= 15 is 0 Å². The number of anilines is 1. The van der Waals surface area contributed by atoms with E-state index in [0.717, 1.165) is 0 Å². The average molecular weight is 401 g/mol. The van der Waals surface area contributed by atoms with Crippen molar-refractivity contribution in [3.63, 3.8) is 0 Å². The Balaban J connectivity index is 1.77. The predicted molar refractivity (Wildman–Crippen MR) is 101 cm³/mol. The second kappa shape index (κ2) is 8.91. The Hall–Kier alpha value is -3.82. The van der Waals surface area contributed by atoms with E-state index < -0.39 is 11.9 Å². The molecule has 0 atom stereocenters. The fourth-order valence-corrected chi connectivity index (χ4v) is 2.62. The summed E-state index contributed by atoms with van der Waals surface area (Å²) in [7, 11) is 0. The molecular formula is C19H19N3O7. The molecule has 2 heterocycles. The quantitative estimate of drug-likeness (QED) is 0.456. The van der Waals surface area contributed by atoms with Gasteiger partial charge in [0, 0.05) is 24.5 Å². The SMILES string of the molecule is C/C(=N/NC(=O)c1ccco1)c1cc2c(cc1NC(=O)CCCC(=O)O)OCO2. The zero-order chi connectivity index (χ0) is 20.8. The van der Waals surface area contributed by atoms with Crippen LogP contribution in [0.2, 0.25) is 0 Å². The van der Waals surface area contributed by atoms with Gasteiger partial charge in [-0.2, -0.15) is 5.10 Å². The van der Waals surface area contributed by atoms with Gasteiger partial charge in [0.15, 0.2) is 17.3 Å². The van der Waals surface area contributed by atoms with E-state index in [1.807, 2.05) is 0 Å². The third kappa shape index (κ3) is 5.12. The van der Waals surface area contributed by atoms with Crippen LogP contribution >= 0.6 is 0 Å². The van der Waals surface area contributed by atoms with Crippen LogP contribution in [0.25, 0.3) is 0 Å². The molecule has 29 heavy (non-hydrogen) atoms. The van der Waals surface area contributed by atoms with Gasteiger partial charge in [0.05, 0.1) is 17.7 Å². The highest BCUT2D eigenvalue weighted by atomic mass is 16.7. The predicted octanol–water partition coefficient (Wildman–Crippen LogP) is 2.36. The highest BCUT2D eigenvalue weighted by Gasteiger charge is 2.20. The van der Waals surface area contributed by atoms with Gasteiger partial charge in [0.25, 0.3) is 0 Å². The van der Waals surface area contributed by atoms with Crippen LogP contribution in [-0.4, -0.2) is 35.4 Å². The van der Waals surface area contributed by atoms with Crippen LogP contribution in [0.3, 0.4) is 0 Å². The molecule has 1 aliphatic rings. The van der Waals surface area contributed by atoms with E-state index in [9.17, 15) is 14.4 Å². The van der Waals surface area contributed by atoms with Crippen molar-refractivity contribution in [1.82, 2.24) is 5.43 Å². The number of carbonyl (C=O) groups is 3. The second-order valence-corrected chi connectivity index (χ2v) is 6.16.